The van der Waals surface area contributed by atoms with E-state index in [0.717, 1.165) is 5.56 Å². The first-order chi connectivity index (χ1) is 15.1. The van der Waals surface area contributed by atoms with Crippen molar-refractivity contribution in [3.05, 3.63) is 106 Å². The molecule has 0 radical (unpaired) electrons. The number of aromatic hydroxyl groups is 1. The topological polar surface area (TPSA) is 96.1 Å². The molecule has 0 spiro atoms. The maximum absolute atomic E-state index is 13.0. The van der Waals surface area contributed by atoms with Gasteiger partial charge in [-0.15, -0.1) is 11.8 Å². The Morgan fingerprint density at radius 3 is 2.61 bits per heavy atom. The number of benzene rings is 2. The molecule has 8 heteroatoms. The monoisotopic (exact) mass is 430 g/mol. The zero-order chi connectivity index (χ0) is 21.6. The second-order valence-corrected chi connectivity index (χ2v) is 7.52. The second kappa shape index (κ2) is 9.27. The third kappa shape index (κ3) is 4.65. The second-order valence-electron chi connectivity index (χ2n) is 6.56. The van der Waals surface area contributed by atoms with Gasteiger partial charge in [-0.2, -0.15) is 5.10 Å². The molecule has 1 amide bonds. The molecule has 2 aromatic carbocycles. The van der Waals surface area contributed by atoms with Crippen LogP contribution in [0, 0.1) is 0 Å². The molecule has 0 aliphatic rings. The number of hydrogen-bond donors (Lipinski definition) is 2. The van der Waals surface area contributed by atoms with E-state index in [1.807, 2.05) is 36.4 Å². The van der Waals surface area contributed by atoms with Crippen molar-refractivity contribution < 1.29 is 9.90 Å². The molecule has 31 heavy (non-hydrogen) atoms. The molecule has 2 heterocycles. The van der Waals surface area contributed by atoms with Crippen molar-refractivity contribution in [1.82, 2.24) is 14.8 Å². The molecule has 2 aromatic heterocycles. The van der Waals surface area contributed by atoms with Gasteiger partial charge in [0.2, 0.25) is 0 Å². The minimum atomic E-state index is -0.582. The first-order valence-corrected chi connectivity index (χ1v) is 10.4. The minimum absolute atomic E-state index is 0.0895. The predicted octanol–water partition coefficient (Wildman–Crippen LogP) is 3.46. The third-order valence-electron chi connectivity index (χ3n) is 4.46. The minimum Gasteiger partial charge on any atom is -0.507 e. The van der Waals surface area contributed by atoms with Crippen molar-refractivity contribution in [2.75, 3.05) is 0 Å². The molecule has 4 aromatic rings. The number of hydrazone groups is 1. The van der Waals surface area contributed by atoms with Crippen LogP contribution >= 0.6 is 11.8 Å². The van der Waals surface area contributed by atoms with Crippen molar-refractivity contribution in [3.63, 3.8) is 0 Å². The third-order valence-corrected chi connectivity index (χ3v) is 5.52. The van der Waals surface area contributed by atoms with Crippen LogP contribution in [0.1, 0.15) is 21.5 Å². The van der Waals surface area contributed by atoms with Crippen molar-refractivity contribution >= 4 is 29.5 Å². The number of phenols is 1. The Kier molecular flexibility index (Phi) is 6.09. The summed E-state index contributed by atoms with van der Waals surface area (Å²) in [5.74, 6) is -0.107. The zero-order valence-corrected chi connectivity index (χ0v) is 17.1. The normalized spacial score (nSPS) is 11.1. The van der Waals surface area contributed by atoms with E-state index in [4.69, 9.17) is 0 Å². The van der Waals surface area contributed by atoms with Crippen LogP contribution in [0.5, 0.6) is 5.75 Å². The number of carbonyl (C=O) groups is 1. The molecule has 7 nitrogen and oxygen atoms in total. The lowest BCUT2D eigenvalue weighted by molar-refractivity contribution is 0.0952. The van der Waals surface area contributed by atoms with Gasteiger partial charge in [-0.05, 0) is 29.8 Å². The van der Waals surface area contributed by atoms with Crippen LogP contribution in [0.25, 0.3) is 5.65 Å². The molecular formula is C23H18N4O3S. The number of rotatable bonds is 6. The van der Waals surface area contributed by atoms with E-state index in [9.17, 15) is 14.7 Å². The van der Waals surface area contributed by atoms with Crippen molar-refractivity contribution in [3.8, 4) is 5.75 Å². The number of aromatic nitrogens is 2. The lowest BCUT2D eigenvalue weighted by Gasteiger charge is -2.08. The first-order valence-electron chi connectivity index (χ1n) is 9.43. The van der Waals surface area contributed by atoms with Crippen LogP contribution < -0.4 is 11.0 Å². The largest absolute Gasteiger partial charge is 0.507 e. The molecule has 0 aliphatic heterocycles. The summed E-state index contributed by atoms with van der Waals surface area (Å²) in [6.07, 6.45) is 2.92. The lowest BCUT2D eigenvalue weighted by atomic mass is 10.2. The predicted molar refractivity (Wildman–Crippen MR) is 121 cm³/mol. The van der Waals surface area contributed by atoms with Crippen LogP contribution in [0.3, 0.4) is 0 Å². The summed E-state index contributed by atoms with van der Waals surface area (Å²) in [4.78, 5) is 29.9. The van der Waals surface area contributed by atoms with Gasteiger partial charge in [0.05, 0.1) is 17.3 Å². The molecule has 154 valence electrons. The highest BCUT2D eigenvalue weighted by molar-refractivity contribution is 7.98. The summed E-state index contributed by atoms with van der Waals surface area (Å²) in [5, 5.41) is 14.3. The van der Waals surface area contributed by atoms with Crippen LogP contribution in [0.15, 0.2) is 93.9 Å². The summed E-state index contributed by atoms with van der Waals surface area (Å²) in [7, 11) is 0. The van der Waals surface area contributed by atoms with Crippen molar-refractivity contribution in [1.29, 1.82) is 0 Å². The van der Waals surface area contributed by atoms with Gasteiger partial charge in [0.15, 0.2) is 0 Å². The number of nitrogens with zero attached hydrogens (tertiary/aromatic N) is 3. The van der Waals surface area contributed by atoms with Gasteiger partial charge in [-0.1, -0.05) is 48.5 Å². The standard InChI is InChI=1S/C23H18N4O3S/c28-19-11-5-4-10-17(19)21(29)26-24-14-18-22(31-15-16-8-2-1-3-9-16)25-20-12-6-7-13-27(20)23(18)30/h1-14,28H,15H2,(H,26,29)/b24-14+. The maximum Gasteiger partial charge on any atom is 0.275 e. The number of phenolic OH excluding ortho intramolecular Hbond substituents is 1. The van der Waals surface area contributed by atoms with Crippen LogP contribution in [-0.4, -0.2) is 26.6 Å². The van der Waals surface area contributed by atoms with E-state index in [-0.39, 0.29) is 22.4 Å². The Morgan fingerprint density at radius 2 is 1.81 bits per heavy atom. The average Bonchev–Trinajstić information content (AvgIpc) is 2.80. The van der Waals surface area contributed by atoms with E-state index in [0.29, 0.717) is 16.4 Å². The Bertz CT molecular complexity index is 1320. The quantitative estimate of drug-likeness (QED) is 0.211. The molecule has 0 bridgehead atoms. The van der Waals surface area contributed by atoms with E-state index >= 15 is 0 Å². The van der Waals surface area contributed by atoms with Gasteiger partial charge >= 0.3 is 0 Å². The summed E-state index contributed by atoms with van der Waals surface area (Å²) in [6, 6.07) is 21.3. The Hall–Kier alpha value is -3.91. The number of thioether (sulfide) groups is 1. The van der Waals surface area contributed by atoms with E-state index in [1.165, 1.54) is 34.5 Å². The number of nitrogens with one attached hydrogen (secondary N) is 1. The Labute approximate surface area is 182 Å². The summed E-state index contributed by atoms with van der Waals surface area (Å²) < 4.78 is 1.43. The van der Waals surface area contributed by atoms with E-state index in [2.05, 4.69) is 15.5 Å². The smallest absolute Gasteiger partial charge is 0.275 e. The van der Waals surface area contributed by atoms with Crippen molar-refractivity contribution in [2.24, 2.45) is 5.10 Å². The number of amides is 1. The SMILES string of the molecule is O=C(N/N=C/c1c(SCc2ccccc2)nc2ccccn2c1=O)c1ccccc1O. The maximum atomic E-state index is 13.0. The van der Waals surface area contributed by atoms with Crippen LogP contribution in [0.2, 0.25) is 0 Å². The van der Waals surface area contributed by atoms with E-state index < -0.39 is 5.91 Å². The van der Waals surface area contributed by atoms with Crippen molar-refractivity contribution in [2.45, 2.75) is 10.8 Å². The molecule has 0 saturated heterocycles. The molecule has 0 fully saturated rings. The van der Waals surface area contributed by atoms with E-state index in [1.54, 1.807) is 30.5 Å². The van der Waals surface area contributed by atoms with Gasteiger partial charge in [0.1, 0.15) is 16.4 Å². The molecule has 0 unspecified atom stereocenters. The summed E-state index contributed by atoms with van der Waals surface area (Å²) in [5.41, 5.74) is 4.04. The fourth-order valence-corrected chi connectivity index (χ4v) is 3.86. The fourth-order valence-electron chi connectivity index (χ4n) is 2.91. The number of hydrogen-bond acceptors (Lipinski definition) is 6. The Balaban J connectivity index is 1.64. The molecule has 4 rings (SSSR count). The molecule has 0 saturated carbocycles. The highest BCUT2D eigenvalue weighted by Gasteiger charge is 2.13. The highest BCUT2D eigenvalue weighted by Crippen LogP contribution is 2.23. The van der Waals surface area contributed by atoms with Gasteiger partial charge in [-0.3, -0.25) is 14.0 Å². The number of fused-ring (bicyclic) bond motifs is 1. The number of carbonyl (C=O) groups excluding carboxylic acids is 1. The molecule has 0 aliphatic carbocycles. The van der Waals surface area contributed by atoms with Gasteiger partial charge in [-0.25, -0.2) is 10.4 Å². The summed E-state index contributed by atoms with van der Waals surface area (Å²) in [6.45, 7) is 0. The fraction of sp³-hybridized carbons (Fsp3) is 0.0435. The lowest BCUT2D eigenvalue weighted by Crippen LogP contribution is -2.23. The number of pyridine rings is 1. The van der Waals surface area contributed by atoms with Crippen LogP contribution in [0.4, 0.5) is 0 Å². The Morgan fingerprint density at radius 1 is 1.06 bits per heavy atom. The number of para-hydroxylation sites is 1. The van der Waals surface area contributed by atoms with Gasteiger partial charge in [0, 0.05) is 11.9 Å². The molecule has 0 atom stereocenters. The zero-order valence-electron chi connectivity index (χ0n) is 16.3. The highest BCUT2D eigenvalue weighted by atomic mass is 32.2. The van der Waals surface area contributed by atoms with Gasteiger partial charge < -0.3 is 5.11 Å². The molecule has 2 N–H and O–H groups in total. The van der Waals surface area contributed by atoms with Gasteiger partial charge in [0.25, 0.3) is 11.5 Å². The summed E-state index contributed by atoms with van der Waals surface area (Å²) >= 11 is 1.42. The molecular weight excluding hydrogens is 412 g/mol. The van der Waals surface area contributed by atoms with Crippen LogP contribution in [-0.2, 0) is 5.75 Å². The first kappa shape index (κ1) is 20.4. The average molecular weight is 430 g/mol.